The van der Waals surface area contributed by atoms with Gasteiger partial charge in [-0.1, -0.05) is 5.16 Å². The zero-order valence-corrected chi connectivity index (χ0v) is 24.6. The van der Waals surface area contributed by atoms with E-state index in [2.05, 4.69) is 44.0 Å². The molecule has 1 fully saturated rings. The van der Waals surface area contributed by atoms with Gasteiger partial charge in [0.1, 0.15) is 11.8 Å². The van der Waals surface area contributed by atoms with Crippen molar-refractivity contribution in [3.63, 3.8) is 0 Å². The summed E-state index contributed by atoms with van der Waals surface area (Å²) in [6.07, 6.45) is 2.53. The third-order valence-electron chi connectivity index (χ3n) is 7.72. The molecule has 0 saturated carbocycles. The summed E-state index contributed by atoms with van der Waals surface area (Å²) in [7, 11) is 0. The Morgan fingerprint density at radius 2 is 2.00 bits per heavy atom. The molecule has 0 spiro atoms. The molecule has 2 N–H and O–H groups in total. The third-order valence-corrected chi connectivity index (χ3v) is 8.45. The number of rotatable bonds is 9. The van der Waals surface area contributed by atoms with Crippen LogP contribution in [0.15, 0.2) is 27.4 Å². The van der Waals surface area contributed by atoms with Gasteiger partial charge in [-0.3, -0.25) is 10.1 Å². The molecule has 3 amide bonds. The highest BCUT2D eigenvalue weighted by molar-refractivity contribution is 7.07. The zero-order valence-electron chi connectivity index (χ0n) is 23.8. The molecule has 0 aromatic carbocycles. The molecule has 3 aromatic heterocycles. The Labute approximate surface area is 239 Å². The number of piperidine rings is 1. The normalized spacial score (nSPS) is 14.9. The molecule has 0 radical (unpaired) electrons. The second kappa shape index (κ2) is 13.1. The van der Waals surface area contributed by atoms with Gasteiger partial charge in [-0.05, 0) is 87.9 Å². The molecule has 1 atom stereocenters. The summed E-state index contributed by atoms with van der Waals surface area (Å²) in [6.45, 7) is 12.3. The molecule has 1 aliphatic heterocycles. The summed E-state index contributed by atoms with van der Waals surface area (Å²) >= 11 is 1.62. The van der Waals surface area contributed by atoms with Gasteiger partial charge in [0.25, 0.3) is 5.91 Å². The number of pyridine rings is 1. The molecule has 4 rings (SSSR count). The van der Waals surface area contributed by atoms with E-state index in [9.17, 15) is 9.59 Å². The van der Waals surface area contributed by atoms with E-state index in [-0.39, 0.29) is 24.0 Å². The van der Waals surface area contributed by atoms with E-state index in [1.807, 2.05) is 37.1 Å². The molecule has 10 nitrogen and oxygen atoms in total. The minimum atomic E-state index is -0.178. The predicted molar refractivity (Wildman–Crippen MR) is 154 cm³/mol. The van der Waals surface area contributed by atoms with Crippen LogP contribution in [0.5, 0.6) is 0 Å². The summed E-state index contributed by atoms with van der Waals surface area (Å²) in [4.78, 5) is 34.7. The van der Waals surface area contributed by atoms with Crippen LogP contribution in [-0.4, -0.2) is 63.6 Å². The Hall–Kier alpha value is -3.75. The number of aryl methyl sites for hydroxylation is 3. The quantitative estimate of drug-likeness (QED) is 0.377. The van der Waals surface area contributed by atoms with Gasteiger partial charge in [0.05, 0.1) is 17.0 Å². The minimum Gasteiger partial charge on any atom is -0.352 e. The van der Waals surface area contributed by atoms with Gasteiger partial charge < -0.3 is 19.6 Å². The van der Waals surface area contributed by atoms with E-state index in [4.69, 9.17) is 9.78 Å². The Kier molecular flexibility index (Phi) is 9.55. The molecule has 0 bridgehead atoms. The first-order valence-corrected chi connectivity index (χ1v) is 14.5. The first-order chi connectivity index (χ1) is 19.2. The van der Waals surface area contributed by atoms with Crippen molar-refractivity contribution >= 4 is 29.2 Å². The smallest absolute Gasteiger partial charge is 0.324 e. The van der Waals surface area contributed by atoms with Gasteiger partial charge in [-0.2, -0.15) is 16.6 Å². The minimum absolute atomic E-state index is 0.0993. The number of nitrogens with one attached hydrogen (secondary N) is 2. The van der Waals surface area contributed by atoms with Crippen LogP contribution in [0.25, 0.3) is 0 Å². The van der Waals surface area contributed by atoms with Crippen molar-refractivity contribution in [1.82, 2.24) is 25.3 Å². The molecule has 1 unspecified atom stereocenters. The fraction of sp³-hybridized carbons (Fsp3) is 0.483. The average molecular weight is 564 g/mol. The first-order valence-electron chi connectivity index (χ1n) is 13.6. The lowest BCUT2D eigenvalue weighted by Gasteiger charge is -2.40. The number of amides is 3. The van der Waals surface area contributed by atoms with Crippen molar-refractivity contribution in [3.8, 4) is 6.07 Å². The molecule has 1 saturated heterocycles. The van der Waals surface area contributed by atoms with Crippen LogP contribution >= 0.6 is 11.3 Å². The molecule has 1 aliphatic rings. The molecule has 212 valence electrons. The van der Waals surface area contributed by atoms with Crippen molar-refractivity contribution in [2.75, 3.05) is 25.0 Å². The van der Waals surface area contributed by atoms with Crippen LogP contribution in [0, 0.1) is 39.0 Å². The molecular formula is C29H37N7O3S. The number of hydrogen-bond donors (Lipinski definition) is 2. The molecule has 3 aromatic rings. The fourth-order valence-corrected chi connectivity index (χ4v) is 5.84. The van der Waals surface area contributed by atoms with Crippen molar-refractivity contribution in [2.24, 2.45) is 0 Å². The highest BCUT2D eigenvalue weighted by Gasteiger charge is 2.30. The van der Waals surface area contributed by atoms with Crippen LogP contribution in [0.3, 0.4) is 0 Å². The van der Waals surface area contributed by atoms with Crippen LogP contribution in [-0.2, 0) is 6.54 Å². The lowest BCUT2D eigenvalue weighted by Crippen LogP contribution is -2.50. The number of aromatic nitrogens is 2. The lowest BCUT2D eigenvalue weighted by atomic mass is 10.0. The third kappa shape index (κ3) is 6.87. The zero-order chi connectivity index (χ0) is 28.8. The maximum absolute atomic E-state index is 13.4. The first kappa shape index (κ1) is 29.2. The Balaban J connectivity index is 1.31. The predicted octanol–water partition coefficient (Wildman–Crippen LogP) is 4.94. The number of nitrogens with zero attached hydrogens (tertiary/aromatic N) is 5. The number of carbonyl (C=O) groups is 2. The number of carbonyl (C=O) groups excluding carboxylic acids is 2. The highest BCUT2D eigenvalue weighted by Crippen LogP contribution is 2.25. The van der Waals surface area contributed by atoms with Gasteiger partial charge in [0.15, 0.2) is 0 Å². The fourth-order valence-electron chi connectivity index (χ4n) is 5.18. The van der Waals surface area contributed by atoms with Gasteiger partial charge in [0.2, 0.25) is 5.88 Å². The highest BCUT2D eigenvalue weighted by atomic mass is 32.1. The summed E-state index contributed by atoms with van der Waals surface area (Å²) in [6, 6.07) is 5.93. The van der Waals surface area contributed by atoms with Crippen LogP contribution in [0.2, 0.25) is 0 Å². The van der Waals surface area contributed by atoms with E-state index < -0.39 is 0 Å². The van der Waals surface area contributed by atoms with Gasteiger partial charge >= 0.3 is 6.03 Å². The standard InChI is InChI=1S/C29H37N7O3S/c1-18-14-24(15-30)32-22(5)26(18)27(37)31-10-6-19(2)35-11-7-25(8-12-35)36(16-23-9-13-40-17-23)29(38)33-28-20(3)21(4)34-39-28/h9,13-14,17,19,25H,6-8,10-12,16H2,1-5H3,(H,31,37)(H,33,38). The van der Waals surface area contributed by atoms with E-state index in [1.54, 1.807) is 24.3 Å². The topological polar surface area (TPSA) is 127 Å². The van der Waals surface area contributed by atoms with Gasteiger partial charge in [0, 0.05) is 43.8 Å². The average Bonchev–Trinajstić information content (AvgIpc) is 3.56. The lowest BCUT2D eigenvalue weighted by molar-refractivity contribution is 0.0918. The maximum Gasteiger partial charge on any atom is 0.324 e. The number of thiophene rings is 1. The second-order valence-electron chi connectivity index (χ2n) is 10.5. The largest absolute Gasteiger partial charge is 0.352 e. The number of urea groups is 1. The molecule has 4 heterocycles. The Morgan fingerprint density at radius 1 is 1.25 bits per heavy atom. The van der Waals surface area contributed by atoms with Crippen molar-refractivity contribution in [1.29, 1.82) is 5.26 Å². The van der Waals surface area contributed by atoms with Crippen LogP contribution in [0.1, 0.15) is 70.3 Å². The summed E-state index contributed by atoms with van der Waals surface area (Å²) < 4.78 is 5.33. The number of likely N-dealkylation sites (tertiary alicyclic amines) is 1. The van der Waals surface area contributed by atoms with E-state index in [1.165, 1.54) is 0 Å². The van der Waals surface area contributed by atoms with Crippen LogP contribution < -0.4 is 10.6 Å². The molecule has 40 heavy (non-hydrogen) atoms. The van der Waals surface area contributed by atoms with Crippen molar-refractivity contribution in [3.05, 3.63) is 62.2 Å². The van der Waals surface area contributed by atoms with E-state index in [0.717, 1.165) is 54.7 Å². The SMILES string of the molecule is Cc1cc(C#N)nc(C)c1C(=O)NCCC(C)N1CCC(N(Cc2ccsc2)C(=O)Nc2onc(C)c2C)CC1. The van der Waals surface area contributed by atoms with Crippen molar-refractivity contribution < 1.29 is 14.1 Å². The number of nitriles is 1. The monoisotopic (exact) mass is 563 g/mol. The molecular weight excluding hydrogens is 526 g/mol. The maximum atomic E-state index is 13.4. The van der Waals surface area contributed by atoms with Gasteiger partial charge in [-0.15, -0.1) is 0 Å². The summed E-state index contributed by atoms with van der Waals surface area (Å²) in [5.74, 6) is 0.235. The second-order valence-corrected chi connectivity index (χ2v) is 11.2. The number of hydrogen-bond acceptors (Lipinski definition) is 8. The summed E-state index contributed by atoms with van der Waals surface area (Å²) in [5.41, 5.74) is 4.87. The van der Waals surface area contributed by atoms with E-state index >= 15 is 0 Å². The van der Waals surface area contributed by atoms with E-state index in [0.29, 0.717) is 35.9 Å². The van der Waals surface area contributed by atoms with Crippen LogP contribution in [0.4, 0.5) is 10.7 Å². The molecule has 11 heteroatoms. The van der Waals surface area contributed by atoms with Crippen molar-refractivity contribution in [2.45, 2.75) is 72.5 Å². The summed E-state index contributed by atoms with van der Waals surface area (Å²) in [5, 5.41) is 23.1. The van der Waals surface area contributed by atoms with Gasteiger partial charge in [-0.25, -0.2) is 9.78 Å². The Bertz CT molecular complexity index is 1350. The Morgan fingerprint density at radius 3 is 2.60 bits per heavy atom. The molecule has 0 aliphatic carbocycles. The number of anilines is 1.